The molecule has 1 aromatic rings. The Labute approximate surface area is 123 Å². The minimum atomic E-state index is 0.686. The van der Waals surface area contributed by atoms with Crippen LogP contribution in [0.5, 0.6) is 0 Å². The first-order valence-corrected chi connectivity index (χ1v) is 8.04. The molecule has 1 heterocycles. The van der Waals surface area contributed by atoms with E-state index < -0.39 is 0 Å². The molecule has 0 unspecified atom stereocenters. The van der Waals surface area contributed by atoms with Crippen molar-refractivity contribution in [1.29, 1.82) is 0 Å². The Balaban J connectivity index is 2.17. The number of hydrogen-bond acceptors (Lipinski definition) is 3. The van der Waals surface area contributed by atoms with Crippen LogP contribution in [-0.4, -0.2) is 28.9 Å². The number of anilines is 1. The van der Waals surface area contributed by atoms with Gasteiger partial charge in [0.05, 0.1) is 5.69 Å². The molecular weight excluding hydrogens is 248 g/mol. The van der Waals surface area contributed by atoms with E-state index in [0.29, 0.717) is 5.92 Å². The van der Waals surface area contributed by atoms with Crippen LogP contribution in [0.3, 0.4) is 0 Å². The molecule has 0 spiro atoms. The van der Waals surface area contributed by atoms with Gasteiger partial charge in [-0.25, -0.2) is 0 Å². The van der Waals surface area contributed by atoms with Crippen LogP contribution in [0.1, 0.15) is 51.3 Å². The molecule has 0 atom stereocenters. The van der Waals surface area contributed by atoms with Crippen LogP contribution in [0.4, 0.5) is 5.82 Å². The van der Waals surface area contributed by atoms with E-state index in [0.717, 1.165) is 25.7 Å². The molecule has 1 aliphatic rings. The molecule has 2 rings (SSSR count). The fraction of sp³-hybridized carbons (Fsp3) is 0.812. The summed E-state index contributed by atoms with van der Waals surface area (Å²) < 4.78 is 2.08. The zero-order chi connectivity index (χ0) is 14.7. The lowest BCUT2D eigenvalue weighted by atomic mass is 10.2. The Hall–Kier alpha value is -1.03. The van der Waals surface area contributed by atoms with E-state index in [9.17, 15) is 0 Å². The summed E-state index contributed by atoms with van der Waals surface area (Å²) in [6.07, 6.45) is 3.87. The molecule has 1 aliphatic carbocycles. The summed E-state index contributed by atoms with van der Waals surface area (Å²) in [5.41, 5.74) is 2.55. The monoisotopic (exact) mass is 278 g/mol. The number of nitrogens with zero attached hydrogens (tertiary/aromatic N) is 3. The summed E-state index contributed by atoms with van der Waals surface area (Å²) in [6.45, 7) is 12.0. The standard InChI is InChI=1S/C16H30N4/c1-6-9-20(14-7-8-14)16-15(11-17-10-12(2)3)13(4)18-19(16)5/h12,14,17H,6-11H2,1-5H3. The molecule has 0 amide bonds. The van der Waals surface area contributed by atoms with Gasteiger partial charge < -0.3 is 10.2 Å². The second-order valence-electron chi connectivity index (χ2n) is 6.46. The van der Waals surface area contributed by atoms with E-state index in [4.69, 9.17) is 0 Å². The van der Waals surface area contributed by atoms with Crippen molar-refractivity contribution in [3.8, 4) is 0 Å². The molecule has 20 heavy (non-hydrogen) atoms. The van der Waals surface area contributed by atoms with Crippen LogP contribution in [0.25, 0.3) is 0 Å². The summed E-state index contributed by atoms with van der Waals surface area (Å²) in [4.78, 5) is 2.58. The highest BCUT2D eigenvalue weighted by Gasteiger charge is 2.32. The van der Waals surface area contributed by atoms with Crippen LogP contribution in [0.15, 0.2) is 0 Å². The maximum absolute atomic E-state index is 4.66. The third-order valence-electron chi connectivity index (χ3n) is 3.89. The van der Waals surface area contributed by atoms with Crippen molar-refractivity contribution < 1.29 is 0 Å². The Bertz CT molecular complexity index is 432. The van der Waals surface area contributed by atoms with E-state index in [2.05, 4.69) is 54.7 Å². The zero-order valence-corrected chi connectivity index (χ0v) is 13.7. The molecule has 114 valence electrons. The quantitative estimate of drug-likeness (QED) is 0.794. The van der Waals surface area contributed by atoms with Crippen molar-refractivity contribution in [2.75, 3.05) is 18.0 Å². The number of hydrogen-bond donors (Lipinski definition) is 1. The van der Waals surface area contributed by atoms with Crippen LogP contribution < -0.4 is 10.2 Å². The Morgan fingerprint density at radius 1 is 1.40 bits per heavy atom. The smallest absolute Gasteiger partial charge is 0.131 e. The van der Waals surface area contributed by atoms with Gasteiger partial charge in [-0.3, -0.25) is 4.68 Å². The Kier molecular flexibility index (Phi) is 5.08. The van der Waals surface area contributed by atoms with Crippen LogP contribution in [0.2, 0.25) is 0 Å². The van der Waals surface area contributed by atoms with Gasteiger partial charge in [-0.15, -0.1) is 0 Å². The number of aryl methyl sites for hydroxylation is 2. The van der Waals surface area contributed by atoms with Crippen LogP contribution in [0, 0.1) is 12.8 Å². The van der Waals surface area contributed by atoms with E-state index in [1.54, 1.807) is 0 Å². The zero-order valence-electron chi connectivity index (χ0n) is 13.7. The lowest BCUT2D eigenvalue weighted by molar-refractivity contribution is 0.550. The fourth-order valence-corrected chi connectivity index (χ4v) is 2.83. The van der Waals surface area contributed by atoms with Crippen molar-refractivity contribution in [2.45, 2.75) is 59.5 Å². The third-order valence-corrected chi connectivity index (χ3v) is 3.89. The molecular formula is C16H30N4. The van der Waals surface area contributed by atoms with Gasteiger partial charge in [0, 0.05) is 31.7 Å². The molecule has 0 aliphatic heterocycles. The highest BCUT2D eigenvalue weighted by Crippen LogP contribution is 2.34. The molecule has 0 radical (unpaired) electrons. The average molecular weight is 278 g/mol. The maximum Gasteiger partial charge on any atom is 0.131 e. The Morgan fingerprint density at radius 3 is 2.65 bits per heavy atom. The molecule has 0 aromatic carbocycles. The van der Waals surface area contributed by atoms with Gasteiger partial charge in [0.1, 0.15) is 5.82 Å². The molecule has 1 saturated carbocycles. The summed E-state index contributed by atoms with van der Waals surface area (Å²) in [5, 5.41) is 8.23. The predicted molar refractivity (Wildman–Crippen MR) is 85.1 cm³/mol. The van der Waals surface area contributed by atoms with Crippen molar-refractivity contribution in [2.24, 2.45) is 13.0 Å². The highest BCUT2D eigenvalue weighted by molar-refractivity contribution is 5.52. The van der Waals surface area contributed by atoms with Gasteiger partial charge in [0.15, 0.2) is 0 Å². The third kappa shape index (κ3) is 3.54. The van der Waals surface area contributed by atoms with Gasteiger partial charge in [0.25, 0.3) is 0 Å². The van der Waals surface area contributed by atoms with Crippen molar-refractivity contribution in [3.63, 3.8) is 0 Å². The van der Waals surface area contributed by atoms with Crippen LogP contribution in [-0.2, 0) is 13.6 Å². The number of aromatic nitrogens is 2. The lowest BCUT2D eigenvalue weighted by Crippen LogP contribution is -2.30. The van der Waals surface area contributed by atoms with Gasteiger partial charge in [0.2, 0.25) is 0 Å². The van der Waals surface area contributed by atoms with Crippen molar-refractivity contribution in [1.82, 2.24) is 15.1 Å². The summed E-state index contributed by atoms with van der Waals surface area (Å²) >= 11 is 0. The number of rotatable bonds is 8. The second kappa shape index (κ2) is 6.61. The second-order valence-corrected chi connectivity index (χ2v) is 6.46. The average Bonchev–Trinajstić information content (AvgIpc) is 3.15. The van der Waals surface area contributed by atoms with Gasteiger partial charge in [-0.1, -0.05) is 20.8 Å². The number of nitrogens with one attached hydrogen (secondary N) is 1. The molecule has 4 heteroatoms. The molecule has 1 aromatic heterocycles. The first-order valence-electron chi connectivity index (χ1n) is 8.04. The normalized spacial score (nSPS) is 15.1. The highest BCUT2D eigenvalue weighted by atomic mass is 15.4. The first-order chi connectivity index (χ1) is 9.54. The van der Waals surface area contributed by atoms with Gasteiger partial charge in [-0.05, 0) is 38.6 Å². The Morgan fingerprint density at radius 2 is 2.10 bits per heavy atom. The largest absolute Gasteiger partial charge is 0.354 e. The minimum absolute atomic E-state index is 0.686. The molecule has 0 saturated heterocycles. The SMILES string of the molecule is CCCN(c1c(CNCC(C)C)c(C)nn1C)C1CC1. The topological polar surface area (TPSA) is 33.1 Å². The molecule has 1 fully saturated rings. The summed E-state index contributed by atoms with van der Waals surface area (Å²) in [7, 11) is 2.08. The van der Waals surface area contributed by atoms with E-state index >= 15 is 0 Å². The van der Waals surface area contributed by atoms with E-state index in [1.165, 1.54) is 36.3 Å². The van der Waals surface area contributed by atoms with Crippen molar-refractivity contribution >= 4 is 5.82 Å². The van der Waals surface area contributed by atoms with E-state index in [-0.39, 0.29) is 0 Å². The summed E-state index contributed by atoms with van der Waals surface area (Å²) in [6, 6.07) is 0.744. The summed E-state index contributed by atoms with van der Waals surface area (Å²) in [5.74, 6) is 2.02. The maximum atomic E-state index is 4.66. The molecule has 0 bridgehead atoms. The fourth-order valence-electron chi connectivity index (χ4n) is 2.83. The predicted octanol–water partition coefficient (Wildman–Crippen LogP) is 2.85. The minimum Gasteiger partial charge on any atom is -0.354 e. The van der Waals surface area contributed by atoms with Gasteiger partial charge in [-0.2, -0.15) is 5.10 Å². The molecule has 4 nitrogen and oxygen atoms in total. The molecule has 1 N–H and O–H groups in total. The van der Waals surface area contributed by atoms with Gasteiger partial charge >= 0.3 is 0 Å². The lowest BCUT2D eigenvalue weighted by Gasteiger charge is -2.25. The van der Waals surface area contributed by atoms with E-state index in [1.807, 2.05) is 0 Å². The first kappa shape index (κ1) is 15.4. The van der Waals surface area contributed by atoms with Crippen LogP contribution >= 0.6 is 0 Å². The van der Waals surface area contributed by atoms with Crippen molar-refractivity contribution in [3.05, 3.63) is 11.3 Å².